The number of nitrogens with zero attached hydrogens (tertiary/aromatic N) is 2. The molecule has 2 saturated heterocycles. The predicted octanol–water partition coefficient (Wildman–Crippen LogP) is 10.6. The van der Waals surface area contributed by atoms with Crippen LogP contribution in [-0.2, 0) is 19.1 Å². The molecule has 0 amide bonds. The number of unbranched alkanes of at least 4 members (excludes halogenated alkanes) is 10. The van der Waals surface area contributed by atoms with Crippen molar-refractivity contribution in [1.82, 2.24) is 9.80 Å². The second-order valence-corrected chi connectivity index (χ2v) is 17.7. The molecule has 0 radical (unpaired) electrons. The monoisotopic (exact) mass is 663 g/mol. The predicted molar refractivity (Wildman–Crippen MR) is 198 cm³/mol. The van der Waals surface area contributed by atoms with Crippen LogP contribution in [0.2, 0.25) is 0 Å². The quantitative estimate of drug-likeness (QED) is 0.0734. The van der Waals surface area contributed by atoms with Crippen LogP contribution in [0.5, 0.6) is 0 Å². The van der Waals surface area contributed by atoms with Gasteiger partial charge in [0, 0.05) is 47.8 Å². The van der Waals surface area contributed by atoms with E-state index in [0.717, 1.165) is 38.8 Å². The van der Waals surface area contributed by atoms with Crippen molar-refractivity contribution in [3.8, 4) is 0 Å². The summed E-state index contributed by atoms with van der Waals surface area (Å²) in [5.41, 5.74) is -1.67. The van der Waals surface area contributed by atoms with Gasteiger partial charge in [-0.3, -0.25) is 19.4 Å². The van der Waals surface area contributed by atoms with E-state index in [9.17, 15) is 9.59 Å². The highest BCUT2D eigenvalue weighted by molar-refractivity contribution is 6.00. The molecule has 2 aliphatic rings. The van der Waals surface area contributed by atoms with E-state index in [2.05, 4.69) is 79.0 Å². The van der Waals surface area contributed by atoms with Crippen LogP contribution in [0, 0.1) is 5.41 Å². The first-order valence-electron chi connectivity index (χ1n) is 19.9. The fourth-order valence-corrected chi connectivity index (χ4v) is 9.37. The molecule has 0 saturated carbocycles. The highest BCUT2D eigenvalue weighted by Crippen LogP contribution is 2.43. The van der Waals surface area contributed by atoms with E-state index in [0.29, 0.717) is 12.8 Å². The third-order valence-electron chi connectivity index (χ3n) is 11.8. The summed E-state index contributed by atoms with van der Waals surface area (Å²) in [5.74, 6) is -0.792. The standard InChI is InChI=1S/C41H78N2O4/c1-13-17-19-21-23-25-27-42-37(5,6)29-33(30-38(42,7)8)46-35(44)41(15-3,16-4)36(45)47-34-31-39(9,10)43(40(11,12)32-34)28-26-24-22-20-18-14-2/h33-34H,13-32H2,1-12H3. The fourth-order valence-electron chi connectivity index (χ4n) is 9.37. The summed E-state index contributed by atoms with van der Waals surface area (Å²) in [5, 5.41) is 0. The molecule has 0 spiro atoms. The van der Waals surface area contributed by atoms with Crippen LogP contribution in [0.4, 0.5) is 0 Å². The van der Waals surface area contributed by atoms with Crippen molar-refractivity contribution in [1.29, 1.82) is 0 Å². The van der Waals surface area contributed by atoms with Crippen LogP contribution in [0.1, 0.15) is 199 Å². The topological polar surface area (TPSA) is 59.1 Å². The Morgan fingerprint density at radius 2 is 0.787 bits per heavy atom. The minimum atomic E-state index is -1.27. The summed E-state index contributed by atoms with van der Waals surface area (Å²) in [6.45, 7) is 28.8. The first kappa shape index (κ1) is 42.0. The number of hydrogen-bond acceptors (Lipinski definition) is 6. The maximum absolute atomic E-state index is 14.1. The van der Waals surface area contributed by atoms with E-state index < -0.39 is 17.4 Å². The van der Waals surface area contributed by atoms with Gasteiger partial charge >= 0.3 is 11.9 Å². The van der Waals surface area contributed by atoms with E-state index in [-0.39, 0.29) is 34.4 Å². The van der Waals surface area contributed by atoms with Gasteiger partial charge in [0.05, 0.1) is 0 Å². The van der Waals surface area contributed by atoms with E-state index in [1.54, 1.807) is 0 Å². The molecule has 0 aromatic rings. The molecule has 2 fully saturated rings. The second-order valence-electron chi connectivity index (χ2n) is 17.7. The molecule has 0 aromatic heterocycles. The Morgan fingerprint density at radius 1 is 0.511 bits per heavy atom. The second kappa shape index (κ2) is 18.2. The van der Waals surface area contributed by atoms with Gasteiger partial charge < -0.3 is 9.47 Å². The molecule has 0 aromatic carbocycles. The summed E-state index contributed by atoms with van der Waals surface area (Å²) >= 11 is 0. The molecule has 2 rings (SSSR count). The first-order valence-corrected chi connectivity index (χ1v) is 19.9. The third kappa shape index (κ3) is 11.4. The molecule has 0 unspecified atom stereocenters. The van der Waals surface area contributed by atoms with E-state index in [1.807, 2.05) is 13.8 Å². The van der Waals surface area contributed by atoms with Gasteiger partial charge in [0.25, 0.3) is 0 Å². The van der Waals surface area contributed by atoms with Gasteiger partial charge in [-0.25, -0.2) is 0 Å². The van der Waals surface area contributed by atoms with Crippen molar-refractivity contribution in [2.75, 3.05) is 13.1 Å². The van der Waals surface area contributed by atoms with Gasteiger partial charge in [-0.05, 0) is 94.2 Å². The van der Waals surface area contributed by atoms with Crippen LogP contribution in [-0.4, -0.2) is 69.2 Å². The molecular formula is C41H78N2O4. The molecule has 6 heteroatoms. The van der Waals surface area contributed by atoms with Crippen molar-refractivity contribution in [2.24, 2.45) is 5.41 Å². The Bertz CT molecular complexity index is 843. The summed E-state index contributed by atoms with van der Waals surface area (Å²) in [4.78, 5) is 33.4. The molecule has 0 N–H and O–H groups in total. The summed E-state index contributed by atoms with van der Waals surface area (Å²) < 4.78 is 12.7. The lowest BCUT2D eigenvalue weighted by atomic mass is 9.77. The Labute approximate surface area is 291 Å². The average Bonchev–Trinajstić information content (AvgIpc) is 2.94. The maximum Gasteiger partial charge on any atom is 0.323 e. The molecule has 0 atom stereocenters. The number of piperidine rings is 2. The van der Waals surface area contributed by atoms with Gasteiger partial charge in [-0.1, -0.05) is 91.9 Å². The Balaban J connectivity index is 2.06. The van der Waals surface area contributed by atoms with Crippen molar-refractivity contribution in [3.63, 3.8) is 0 Å². The van der Waals surface area contributed by atoms with Crippen LogP contribution < -0.4 is 0 Å². The Kier molecular flexibility index (Phi) is 16.3. The van der Waals surface area contributed by atoms with Gasteiger partial charge in [-0.15, -0.1) is 0 Å². The zero-order chi connectivity index (χ0) is 35.5. The van der Waals surface area contributed by atoms with E-state index >= 15 is 0 Å². The smallest absolute Gasteiger partial charge is 0.323 e. The third-order valence-corrected chi connectivity index (χ3v) is 11.8. The maximum atomic E-state index is 14.1. The van der Waals surface area contributed by atoms with Crippen LogP contribution in [0.15, 0.2) is 0 Å². The average molecular weight is 663 g/mol. The number of rotatable bonds is 20. The molecular weight excluding hydrogens is 584 g/mol. The molecule has 276 valence electrons. The number of carbonyl (C=O) groups excluding carboxylic acids is 2. The lowest BCUT2D eigenvalue weighted by molar-refractivity contribution is -0.189. The summed E-state index contributed by atoms with van der Waals surface area (Å²) in [7, 11) is 0. The molecule has 2 heterocycles. The number of carbonyl (C=O) groups is 2. The number of hydrogen-bond donors (Lipinski definition) is 0. The number of likely N-dealkylation sites (tertiary alicyclic amines) is 2. The number of esters is 2. The van der Waals surface area contributed by atoms with Crippen molar-refractivity contribution in [3.05, 3.63) is 0 Å². The highest BCUT2D eigenvalue weighted by atomic mass is 16.6. The Morgan fingerprint density at radius 3 is 1.06 bits per heavy atom. The lowest BCUT2D eigenvalue weighted by Gasteiger charge is -2.55. The van der Waals surface area contributed by atoms with Gasteiger partial charge in [-0.2, -0.15) is 0 Å². The highest BCUT2D eigenvalue weighted by Gasteiger charge is 2.52. The molecule has 0 aliphatic carbocycles. The SMILES string of the molecule is CCCCCCCCN1C(C)(C)CC(OC(=O)C(CC)(CC)C(=O)OC2CC(C)(C)N(CCCCCCCC)C(C)(C)C2)CC1(C)C. The van der Waals surface area contributed by atoms with Gasteiger partial charge in [0.1, 0.15) is 12.2 Å². The van der Waals surface area contributed by atoms with E-state index in [1.165, 1.54) is 77.0 Å². The summed E-state index contributed by atoms with van der Waals surface area (Å²) in [6, 6.07) is 0. The molecule has 6 nitrogen and oxygen atoms in total. The Hall–Kier alpha value is -1.14. The van der Waals surface area contributed by atoms with Crippen LogP contribution in [0.3, 0.4) is 0 Å². The van der Waals surface area contributed by atoms with Crippen molar-refractivity contribution < 1.29 is 19.1 Å². The zero-order valence-corrected chi connectivity index (χ0v) is 33.3. The molecule has 0 bridgehead atoms. The van der Waals surface area contributed by atoms with Crippen molar-refractivity contribution in [2.45, 2.75) is 233 Å². The zero-order valence-electron chi connectivity index (χ0n) is 33.3. The van der Waals surface area contributed by atoms with Crippen molar-refractivity contribution >= 4 is 11.9 Å². The lowest BCUT2D eigenvalue weighted by Crippen LogP contribution is -2.63. The van der Waals surface area contributed by atoms with Gasteiger partial charge in [0.15, 0.2) is 5.41 Å². The van der Waals surface area contributed by atoms with E-state index in [4.69, 9.17) is 9.47 Å². The summed E-state index contributed by atoms with van der Waals surface area (Å²) in [6.07, 6.45) is 18.8. The largest absolute Gasteiger partial charge is 0.461 e. The molecule has 2 aliphatic heterocycles. The minimum absolute atomic E-state index is 0.0989. The van der Waals surface area contributed by atoms with Crippen LogP contribution >= 0.6 is 0 Å². The number of ether oxygens (including phenoxy) is 2. The molecule has 47 heavy (non-hydrogen) atoms. The normalized spacial score (nSPS) is 21.9. The first-order chi connectivity index (χ1) is 21.9. The fraction of sp³-hybridized carbons (Fsp3) is 0.951. The van der Waals surface area contributed by atoms with Gasteiger partial charge in [0.2, 0.25) is 0 Å². The van der Waals surface area contributed by atoms with Crippen LogP contribution in [0.25, 0.3) is 0 Å². The minimum Gasteiger partial charge on any atom is -0.461 e.